The molecule has 2 saturated heterocycles. The Kier molecular flexibility index (Phi) is 4.60. The fourth-order valence-electron chi connectivity index (χ4n) is 3.99. The molecular formula is C21H18ClFN4O3. The van der Waals surface area contributed by atoms with Gasteiger partial charge in [-0.2, -0.15) is 0 Å². The first kappa shape index (κ1) is 18.9. The Hall–Kier alpha value is -3.10. The van der Waals surface area contributed by atoms with Crippen LogP contribution >= 0.6 is 11.6 Å². The first-order valence-corrected chi connectivity index (χ1v) is 9.83. The summed E-state index contributed by atoms with van der Waals surface area (Å²) in [5, 5.41) is 7.05. The van der Waals surface area contributed by atoms with E-state index in [2.05, 4.69) is 15.6 Å². The van der Waals surface area contributed by atoms with Crippen LogP contribution in [0.25, 0.3) is 10.9 Å². The van der Waals surface area contributed by atoms with E-state index in [1.54, 1.807) is 42.5 Å². The van der Waals surface area contributed by atoms with Gasteiger partial charge >= 0.3 is 6.09 Å². The Morgan fingerprint density at radius 1 is 1.30 bits per heavy atom. The smallest absolute Gasteiger partial charge is 0.415 e. The van der Waals surface area contributed by atoms with Gasteiger partial charge in [-0.25, -0.2) is 9.18 Å². The second-order valence-electron chi connectivity index (χ2n) is 7.14. The van der Waals surface area contributed by atoms with E-state index in [4.69, 9.17) is 21.1 Å². The number of ether oxygens (including phenoxy) is 2. The zero-order valence-electron chi connectivity index (χ0n) is 16.0. The second-order valence-corrected chi connectivity index (χ2v) is 7.55. The summed E-state index contributed by atoms with van der Waals surface area (Å²) in [6.45, 7) is 1.24. The number of carbonyl (C=O) groups is 1. The lowest BCUT2D eigenvalue weighted by molar-refractivity contribution is 0.143. The van der Waals surface area contributed by atoms with Gasteiger partial charge in [-0.1, -0.05) is 17.7 Å². The number of rotatable bonds is 4. The average molecular weight is 429 g/mol. The van der Waals surface area contributed by atoms with Crippen LogP contribution in [-0.2, 0) is 4.74 Å². The highest BCUT2D eigenvalue weighted by atomic mass is 35.5. The van der Waals surface area contributed by atoms with Crippen molar-refractivity contribution < 1.29 is 18.7 Å². The summed E-state index contributed by atoms with van der Waals surface area (Å²) in [4.78, 5) is 18.6. The van der Waals surface area contributed by atoms with Crippen LogP contribution in [0.3, 0.4) is 0 Å². The molecule has 9 heteroatoms. The van der Waals surface area contributed by atoms with Crippen LogP contribution in [0.5, 0.6) is 5.75 Å². The van der Waals surface area contributed by atoms with E-state index in [1.807, 2.05) is 6.07 Å². The van der Waals surface area contributed by atoms with Crippen LogP contribution in [0, 0.1) is 5.82 Å². The number of nitrogens with zero attached hydrogens (tertiary/aromatic N) is 2. The van der Waals surface area contributed by atoms with Crippen molar-refractivity contribution in [3.8, 4) is 5.75 Å². The summed E-state index contributed by atoms with van der Waals surface area (Å²) < 4.78 is 25.5. The maximum Gasteiger partial charge on any atom is 0.415 e. The molecule has 3 aromatic rings. The molecule has 2 aromatic carbocycles. The average Bonchev–Trinajstić information content (AvgIpc) is 3.31. The van der Waals surface area contributed by atoms with Crippen LogP contribution < -0.4 is 20.3 Å². The topological polar surface area (TPSA) is 75.7 Å². The molecule has 0 spiro atoms. The third-order valence-electron chi connectivity index (χ3n) is 5.43. The van der Waals surface area contributed by atoms with E-state index >= 15 is 0 Å². The van der Waals surface area contributed by atoms with Gasteiger partial charge in [0.2, 0.25) is 0 Å². The van der Waals surface area contributed by atoms with Crippen molar-refractivity contribution in [3.63, 3.8) is 0 Å². The van der Waals surface area contributed by atoms with Gasteiger partial charge in [-0.15, -0.1) is 0 Å². The van der Waals surface area contributed by atoms with Gasteiger partial charge in [0.05, 0.1) is 35.1 Å². The first-order valence-electron chi connectivity index (χ1n) is 9.45. The van der Waals surface area contributed by atoms with Crippen LogP contribution in [-0.4, -0.2) is 43.4 Å². The summed E-state index contributed by atoms with van der Waals surface area (Å²) in [6.07, 6.45) is 1.00. The summed E-state index contributed by atoms with van der Waals surface area (Å²) in [5.41, 5.74) is 2.08. The van der Waals surface area contributed by atoms with Gasteiger partial charge in [0.15, 0.2) is 5.82 Å². The quantitative estimate of drug-likeness (QED) is 0.652. The highest BCUT2D eigenvalue weighted by molar-refractivity contribution is 6.31. The number of amides is 1. The zero-order valence-corrected chi connectivity index (χ0v) is 16.7. The molecule has 2 N–H and O–H groups in total. The summed E-state index contributed by atoms with van der Waals surface area (Å²) in [5.74, 6) is -0.0357. The predicted molar refractivity (Wildman–Crippen MR) is 112 cm³/mol. The minimum absolute atomic E-state index is 0.0281. The van der Waals surface area contributed by atoms with Gasteiger partial charge in [0.1, 0.15) is 11.9 Å². The van der Waals surface area contributed by atoms with Crippen molar-refractivity contribution in [2.75, 3.05) is 30.4 Å². The summed E-state index contributed by atoms with van der Waals surface area (Å²) in [6, 6.07) is 9.94. The van der Waals surface area contributed by atoms with E-state index in [9.17, 15) is 9.18 Å². The molecule has 30 heavy (non-hydrogen) atoms. The minimum atomic E-state index is -0.541. The monoisotopic (exact) mass is 428 g/mol. The van der Waals surface area contributed by atoms with Crippen molar-refractivity contribution in [3.05, 3.63) is 53.4 Å². The number of carbonyl (C=O) groups excluding carboxylic acids is 1. The van der Waals surface area contributed by atoms with Gasteiger partial charge < -0.3 is 20.1 Å². The van der Waals surface area contributed by atoms with E-state index in [0.717, 1.165) is 0 Å². The van der Waals surface area contributed by atoms with Crippen LogP contribution in [0.2, 0.25) is 5.02 Å². The van der Waals surface area contributed by atoms with Crippen molar-refractivity contribution in [1.29, 1.82) is 0 Å². The van der Waals surface area contributed by atoms with Gasteiger partial charge in [-0.05, 0) is 24.3 Å². The van der Waals surface area contributed by atoms with Crippen molar-refractivity contribution in [1.82, 2.24) is 10.3 Å². The lowest BCUT2D eigenvalue weighted by atomic mass is 10.1. The molecule has 2 fully saturated rings. The molecule has 7 nitrogen and oxygen atoms in total. The standard InChI is InChI=1S/C21H18ClFN4O3/c1-29-18-8-15-11(7-16(18)27-17-9-24-10-19(17)30-21(27)28)13(5-6-25-15)26-14-4-2-3-12(22)20(14)23/h2-8,17,19,24H,9-10H2,1H3,(H,25,26)/t17-,19+/m1/s1. The molecule has 0 bridgehead atoms. The Morgan fingerprint density at radius 3 is 3.00 bits per heavy atom. The normalized spacial score (nSPS) is 20.4. The molecule has 1 aromatic heterocycles. The number of hydrogen-bond donors (Lipinski definition) is 2. The highest BCUT2D eigenvalue weighted by Crippen LogP contribution is 2.40. The lowest BCUT2D eigenvalue weighted by Crippen LogP contribution is -2.37. The Bertz CT molecular complexity index is 1160. The number of methoxy groups -OCH3 is 1. The van der Waals surface area contributed by atoms with Crippen LogP contribution in [0.4, 0.5) is 26.2 Å². The van der Waals surface area contributed by atoms with Gasteiger partial charge in [0.25, 0.3) is 0 Å². The maximum atomic E-state index is 14.4. The van der Waals surface area contributed by atoms with Crippen LogP contribution in [0.15, 0.2) is 42.6 Å². The Labute approximate surface area is 176 Å². The maximum absolute atomic E-state index is 14.4. The van der Waals surface area contributed by atoms with E-state index in [-0.39, 0.29) is 22.9 Å². The number of anilines is 3. The molecular weight excluding hydrogens is 411 g/mol. The molecule has 2 aliphatic rings. The van der Waals surface area contributed by atoms with Crippen LogP contribution in [0.1, 0.15) is 0 Å². The highest BCUT2D eigenvalue weighted by Gasteiger charge is 2.46. The molecule has 5 rings (SSSR count). The Balaban J connectivity index is 1.63. The minimum Gasteiger partial charge on any atom is -0.494 e. The zero-order chi connectivity index (χ0) is 20.8. The fraction of sp³-hybridized carbons (Fsp3) is 0.238. The van der Waals surface area contributed by atoms with Crippen molar-refractivity contribution in [2.45, 2.75) is 12.1 Å². The SMILES string of the molecule is COc1cc2nccc(Nc3cccc(Cl)c3F)c2cc1N1C(=O)O[C@H]2CNC[C@H]21. The number of nitrogens with one attached hydrogen (secondary N) is 2. The largest absolute Gasteiger partial charge is 0.494 e. The van der Waals surface area contributed by atoms with Crippen molar-refractivity contribution >= 4 is 45.7 Å². The number of hydrogen-bond acceptors (Lipinski definition) is 6. The first-order chi connectivity index (χ1) is 14.6. The number of benzene rings is 2. The third kappa shape index (κ3) is 3.00. The molecule has 2 atom stereocenters. The summed E-state index contributed by atoms with van der Waals surface area (Å²) >= 11 is 5.91. The molecule has 0 radical (unpaired) electrons. The predicted octanol–water partition coefficient (Wildman–Crippen LogP) is 4.08. The molecule has 0 unspecified atom stereocenters. The number of aromatic nitrogens is 1. The van der Waals surface area contributed by atoms with Gasteiger partial charge in [-0.3, -0.25) is 9.88 Å². The molecule has 3 heterocycles. The molecule has 0 saturated carbocycles. The number of pyridine rings is 1. The van der Waals surface area contributed by atoms with E-state index < -0.39 is 11.9 Å². The van der Waals surface area contributed by atoms with E-state index in [0.29, 0.717) is 41.1 Å². The molecule has 0 aliphatic carbocycles. The summed E-state index contributed by atoms with van der Waals surface area (Å²) in [7, 11) is 1.54. The van der Waals surface area contributed by atoms with Gasteiger partial charge in [0, 0.05) is 36.4 Å². The molecule has 154 valence electrons. The second kappa shape index (κ2) is 7.30. The van der Waals surface area contributed by atoms with Crippen molar-refractivity contribution in [2.24, 2.45) is 0 Å². The number of fused-ring (bicyclic) bond motifs is 2. The molecule has 2 aliphatic heterocycles. The Morgan fingerprint density at radius 2 is 2.17 bits per heavy atom. The fourth-order valence-corrected chi connectivity index (χ4v) is 4.16. The third-order valence-corrected chi connectivity index (χ3v) is 5.72. The van der Waals surface area contributed by atoms with E-state index in [1.165, 1.54) is 6.07 Å². The number of halogens is 2. The molecule has 1 amide bonds. The lowest BCUT2D eigenvalue weighted by Gasteiger charge is -2.23.